The molecule has 0 spiro atoms. The maximum atomic E-state index is 12.8. The highest BCUT2D eigenvalue weighted by atomic mass is 16.3. The summed E-state index contributed by atoms with van der Waals surface area (Å²) in [7, 11) is 1.79. The summed E-state index contributed by atoms with van der Waals surface area (Å²) in [6.45, 7) is 1.90. The highest BCUT2D eigenvalue weighted by Gasteiger charge is 2.43. The lowest BCUT2D eigenvalue weighted by atomic mass is 9.73. The molecule has 0 aromatic heterocycles. The minimum absolute atomic E-state index is 0.0118. The van der Waals surface area contributed by atoms with Gasteiger partial charge in [0.15, 0.2) is 0 Å². The number of hydrogen-bond acceptors (Lipinski definition) is 2. The number of amides is 1. The second-order valence-corrected chi connectivity index (χ2v) is 5.52. The van der Waals surface area contributed by atoms with Gasteiger partial charge in [-0.3, -0.25) is 4.79 Å². The van der Waals surface area contributed by atoms with Crippen LogP contribution in [0.15, 0.2) is 48.5 Å². The zero-order chi connectivity index (χ0) is 14.3. The lowest BCUT2D eigenvalue weighted by Gasteiger charge is -2.39. The van der Waals surface area contributed by atoms with E-state index in [1.165, 1.54) is 0 Å². The zero-order valence-corrected chi connectivity index (χ0v) is 11.6. The molecule has 1 heterocycles. The van der Waals surface area contributed by atoms with E-state index in [0.29, 0.717) is 12.0 Å². The highest BCUT2D eigenvalue weighted by molar-refractivity contribution is 6.03. The fourth-order valence-corrected chi connectivity index (χ4v) is 3.07. The van der Waals surface area contributed by atoms with Crippen molar-refractivity contribution in [3.63, 3.8) is 0 Å². The number of anilines is 1. The number of benzene rings is 2. The second kappa shape index (κ2) is 4.37. The molecule has 1 unspecified atom stereocenters. The molecule has 0 radical (unpaired) electrons. The first-order chi connectivity index (χ1) is 9.54. The molecule has 1 aliphatic heterocycles. The molecule has 0 bridgehead atoms. The van der Waals surface area contributed by atoms with E-state index in [2.05, 4.69) is 0 Å². The number of carbonyl (C=O) groups excluding carboxylic acids is 1. The minimum atomic E-state index is -0.728. The topological polar surface area (TPSA) is 40.5 Å². The van der Waals surface area contributed by atoms with E-state index in [0.717, 1.165) is 11.3 Å². The van der Waals surface area contributed by atoms with Crippen LogP contribution in [-0.2, 0) is 16.6 Å². The van der Waals surface area contributed by atoms with Crippen LogP contribution in [0.1, 0.15) is 18.1 Å². The summed E-state index contributed by atoms with van der Waals surface area (Å²) in [5.41, 5.74) is 2.03. The van der Waals surface area contributed by atoms with Gasteiger partial charge in [0.05, 0.1) is 5.41 Å². The third kappa shape index (κ3) is 1.70. The van der Waals surface area contributed by atoms with E-state index in [4.69, 9.17) is 0 Å². The lowest BCUT2D eigenvalue weighted by Crippen LogP contribution is -2.48. The predicted molar refractivity (Wildman–Crippen MR) is 79.0 cm³/mol. The average Bonchev–Trinajstić information content (AvgIpc) is 2.45. The third-order valence-electron chi connectivity index (χ3n) is 4.17. The number of aromatic hydroxyl groups is 1. The van der Waals surface area contributed by atoms with Gasteiger partial charge in [-0.1, -0.05) is 36.4 Å². The van der Waals surface area contributed by atoms with Crippen molar-refractivity contribution in [1.29, 1.82) is 0 Å². The molecule has 1 aliphatic rings. The fraction of sp³-hybridized carbons (Fsp3) is 0.235. The first kappa shape index (κ1) is 12.7. The van der Waals surface area contributed by atoms with Crippen molar-refractivity contribution < 1.29 is 9.90 Å². The van der Waals surface area contributed by atoms with Gasteiger partial charge in [0.25, 0.3) is 0 Å². The Labute approximate surface area is 118 Å². The Hall–Kier alpha value is -2.29. The number of likely N-dealkylation sites (N-methyl/N-ethyl adjacent to an activating group) is 1. The Balaban J connectivity index is 2.17. The Kier molecular flexibility index (Phi) is 2.78. The molecule has 2 aromatic carbocycles. The number of rotatable bonds is 1. The summed E-state index contributed by atoms with van der Waals surface area (Å²) in [6, 6.07) is 15.0. The molecular weight excluding hydrogens is 250 g/mol. The van der Waals surface area contributed by atoms with Crippen molar-refractivity contribution in [2.75, 3.05) is 11.9 Å². The summed E-state index contributed by atoms with van der Waals surface area (Å²) < 4.78 is 0. The van der Waals surface area contributed by atoms with Crippen LogP contribution >= 0.6 is 0 Å². The van der Waals surface area contributed by atoms with Crippen molar-refractivity contribution in [3.8, 4) is 5.75 Å². The van der Waals surface area contributed by atoms with Crippen LogP contribution in [0.4, 0.5) is 5.69 Å². The first-order valence-corrected chi connectivity index (χ1v) is 6.68. The van der Waals surface area contributed by atoms with E-state index in [-0.39, 0.29) is 11.7 Å². The monoisotopic (exact) mass is 267 g/mol. The van der Waals surface area contributed by atoms with E-state index in [9.17, 15) is 9.90 Å². The van der Waals surface area contributed by atoms with Gasteiger partial charge in [-0.2, -0.15) is 0 Å². The quantitative estimate of drug-likeness (QED) is 0.863. The summed E-state index contributed by atoms with van der Waals surface area (Å²) in [5.74, 6) is 0.189. The van der Waals surface area contributed by atoms with Gasteiger partial charge in [0.1, 0.15) is 5.75 Å². The lowest BCUT2D eigenvalue weighted by molar-refractivity contribution is -0.123. The highest BCUT2D eigenvalue weighted by Crippen LogP contribution is 2.41. The molecular formula is C17H17NO2. The van der Waals surface area contributed by atoms with E-state index < -0.39 is 5.41 Å². The van der Waals surface area contributed by atoms with Crippen LogP contribution in [-0.4, -0.2) is 18.1 Å². The van der Waals surface area contributed by atoms with Crippen LogP contribution in [0, 0.1) is 0 Å². The number of phenolic OH excluding ortho intramolecular Hbond substituents is 1. The van der Waals surface area contributed by atoms with Crippen LogP contribution in [0.2, 0.25) is 0 Å². The Morgan fingerprint density at radius 1 is 1.10 bits per heavy atom. The van der Waals surface area contributed by atoms with E-state index in [1.54, 1.807) is 24.1 Å². The van der Waals surface area contributed by atoms with Gasteiger partial charge < -0.3 is 10.0 Å². The molecule has 0 aliphatic carbocycles. The number of carbonyl (C=O) groups is 1. The largest absolute Gasteiger partial charge is 0.508 e. The van der Waals surface area contributed by atoms with Crippen LogP contribution in [0.25, 0.3) is 0 Å². The molecule has 2 aromatic rings. The van der Waals surface area contributed by atoms with Gasteiger partial charge in [-0.05, 0) is 31.0 Å². The normalized spacial score (nSPS) is 21.7. The molecule has 1 atom stereocenters. The van der Waals surface area contributed by atoms with E-state index >= 15 is 0 Å². The second-order valence-electron chi connectivity index (χ2n) is 5.52. The van der Waals surface area contributed by atoms with Crippen molar-refractivity contribution >= 4 is 11.6 Å². The van der Waals surface area contributed by atoms with Gasteiger partial charge in [0.2, 0.25) is 5.91 Å². The predicted octanol–water partition coefficient (Wildman–Crippen LogP) is 2.87. The zero-order valence-electron chi connectivity index (χ0n) is 11.6. The third-order valence-corrected chi connectivity index (χ3v) is 4.17. The van der Waals surface area contributed by atoms with E-state index in [1.807, 2.05) is 43.3 Å². The SMILES string of the molecule is CN1C(=O)C(C)(c2ccccc2O)Cc2ccccc21. The Bertz CT molecular complexity index is 680. The molecule has 3 heteroatoms. The maximum absolute atomic E-state index is 12.8. The van der Waals surface area contributed by atoms with Crippen LogP contribution in [0.3, 0.4) is 0 Å². The summed E-state index contributed by atoms with van der Waals surface area (Å²) in [4.78, 5) is 14.5. The van der Waals surface area contributed by atoms with Gasteiger partial charge in [-0.15, -0.1) is 0 Å². The van der Waals surface area contributed by atoms with Crippen molar-refractivity contribution in [2.24, 2.45) is 0 Å². The molecule has 3 rings (SSSR count). The number of nitrogens with zero attached hydrogens (tertiary/aromatic N) is 1. The Morgan fingerprint density at radius 2 is 1.75 bits per heavy atom. The number of phenols is 1. The molecule has 3 nitrogen and oxygen atoms in total. The standard InChI is InChI=1S/C17H17NO2/c1-17(13-8-4-6-10-15(13)19)11-12-7-3-5-9-14(12)18(2)16(17)20/h3-10,19H,11H2,1-2H3. The number of fused-ring (bicyclic) bond motifs is 1. The number of hydrogen-bond donors (Lipinski definition) is 1. The number of para-hydroxylation sites is 2. The first-order valence-electron chi connectivity index (χ1n) is 6.68. The van der Waals surface area contributed by atoms with Gasteiger partial charge in [0, 0.05) is 18.3 Å². The van der Waals surface area contributed by atoms with Crippen LogP contribution < -0.4 is 4.90 Å². The molecule has 0 saturated carbocycles. The van der Waals surface area contributed by atoms with Crippen molar-refractivity contribution in [2.45, 2.75) is 18.8 Å². The molecule has 1 N–H and O–H groups in total. The minimum Gasteiger partial charge on any atom is -0.508 e. The summed E-state index contributed by atoms with van der Waals surface area (Å²) in [6.07, 6.45) is 0.601. The maximum Gasteiger partial charge on any atom is 0.237 e. The molecule has 1 amide bonds. The summed E-state index contributed by atoms with van der Waals surface area (Å²) >= 11 is 0. The molecule has 20 heavy (non-hydrogen) atoms. The van der Waals surface area contributed by atoms with Crippen molar-refractivity contribution in [1.82, 2.24) is 0 Å². The molecule has 102 valence electrons. The molecule has 0 saturated heterocycles. The average molecular weight is 267 g/mol. The Morgan fingerprint density at radius 3 is 2.50 bits per heavy atom. The van der Waals surface area contributed by atoms with Gasteiger partial charge in [-0.25, -0.2) is 0 Å². The summed E-state index contributed by atoms with van der Waals surface area (Å²) in [5, 5.41) is 10.1. The van der Waals surface area contributed by atoms with Crippen LogP contribution in [0.5, 0.6) is 5.75 Å². The molecule has 0 fully saturated rings. The fourth-order valence-electron chi connectivity index (χ4n) is 3.07. The smallest absolute Gasteiger partial charge is 0.237 e. The van der Waals surface area contributed by atoms with Crippen molar-refractivity contribution in [3.05, 3.63) is 59.7 Å². The van der Waals surface area contributed by atoms with Gasteiger partial charge >= 0.3 is 0 Å².